The lowest BCUT2D eigenvalue weighted by molar-refractivity contribution is 0.600. The summed E-state index contributed by atoms with van der Waals surface area (Å²) in [5.74, 6) is 0.283. The summed E-state index contributed by atoms with van der Waals surface area (Å²) in [7, 11) is -3.72. The van der Waals surface area contributed by atoms with Gasteiger partial charge >= 0.3 is 0 Å². The summed E-state index contributed by atoms with van der Waals surface area (Å²) < 4.78 is 28.7. The molecular formula is C15H10Br2N2O2S. The Kier molecular flexibility index (Phi) is 4.20. The minimum Gasteiger partial charge on any atom is -0.263 e. The highest BCUT2D eigenvalue weighted by atomic mass is 79.9. The van der Waals surface area contributed by atoms with Crippen LogP contribution in [0.2, 0.25) is 0 Å². The smallest absolute Gasteiger partial charge is 0.263 e. The van der Waals surface area contributed by atoms with Crippen molar-refractivity contribution in [1.29, 1.82) is 0 Å². The lowest BCUT2D eigenvalue weighted by atomic mass is 10.2. The van der Waals surface area contributed by atoms with Crippen molar-refractivity contribution in [2.45, 2.75) is 4.90 Å². The van der Waals surface area contributed by atoms with Gasteiger partial charge in [-0.25, -0.2) is 13.4 Å². The van der Waals surface area contributed by atoms with Crippen LogP contribution in [0.1, 0.15) is 0 Å². The van der Waals surface area contributed by atoms with Crippen LogP contribution in [0.4, 0.5) is 5.82 Å². The van der Waals surface area contributed by atoms with E-state index in [2.05, 4.69) is 41.6 Å². The van der Waals surface area contributed by atoms with E-state index in [0.29, 0.717) is 8.95 Å². The second-order valence-corrected chi connectivity index (χ2v) is 7.99. The van der Waals surface area contributed by atoms with Gasteiger partial charge < -0.3 is 0 Å². The van der Waals surface area contributed by atoms with Gasteiger partial charge in [-0.15, -0.1) is 0 Å². The number of sulfonamides is 1. The molecule has 0 bridgehead atoms. The number of fused-ring (bicyclic) bond motifs is 1. The molecule has 0 radical (unpaired) electrons. The maximum absolute atomic E-state index is 12.5. The van der Waals surface area contributed by atoms with Gasteiger partial charge in [-0.1, -0.05) is 34.1 Å². The number of hydrogen-bond donors (Lipinski definition) is 1. The highest BCUT2D eigenvalue weighted by Crippen LogP contribution is 2.27. The zero-order valence-electron chi connectivity index (χ0n) is 11.1. The van der Waals surface area contributed by atoms with E-state index in [1.54, 1.807) is 18.2 Å². The van der Waals surface area contributed by atoms with Crippen LogP contribution in [0.3, 0.4) is 0 Å². The first-order valence-electron chi connectivity index (χ1n) is 6.29. The molecule has 3 aromatic rings. The summed E-state index contributed by atoms with van der Waals surface area (Å²) in [6, 6.07) is 16.0. The van der Waals surface area contributed by atoms with Crippen molar-refractivity contribution in [3.05, 3.63) is 63.5 Å². The van der Waals surface area contributed by atoms with Crippen molar-refractivity contribution in [3.8, 4) is 0 Å². The number of benzene rings is 2. The van der Waals surface area contributed by atoms with Gasteiger partial charge in [-0.2, -0.15) is 0 Å². The summed E-state index contributed by atoms with van der Waals surface area (Å²) in [4.78, 5) is 4.47. The Labute approximate surface area is 144 Å². The van der Waals surface area contributed by atoms with Crippen LogP contribution in [0.15, 0.2) is 68.4 Å². The minimum absolute atomic E-state index is 0.150. The van der Waals surface area contributed by atoms with Crippen LogP contribution in [0, 0.1) is 0 Å². The topological polar surface area (TPSA) is 59.1 Å². The average Bonchev–Trinajstić information content (AvgIpc) is 2.49. The fraction of sp³-hybridized carbons (Fsp3) is 0. The molecule has 1 N–H and O–H groups in total. The molecule has 0 atom stereocenters. The summed E-state index contributed by atoms with van der Waals surface area (Å²) in [6.07, 6.45) is 0. The van der Waals surface area contributed by atoms with E-state index in [-0.39, 0.29) is 10.7 Å². The standard InChI is InChI=1S/C15H10Br2N2O2S/c16-11-6-7-12(17)14(9-11)22(20,21)19-15-8-5-10-3-1-2-4-13(10)18-15/h1-9H,(H,18,19). The molecule has 0 amide bonds. The molecule has 0 unspecified atom stereocenters. The predicted octanol–water partition coefficient (Wildman–Crippen LogP) is 4.56. The first-order valence-corrected chi connectivity index (χ1v) is 9.36. The number of pyridine rings is 1. The third-order valence-electron chi connectivity index (χ3n) is 3.02. The van der Waals surface area contributed by atoms with Crippen LogP contribution in [-0.2, 0) is 10.0 Å². The van der Waals surface area contributed by atoms with E-state index in [1.807, 2.05) is 30.3 Å². The second-order valence-electron chi connectivity index (χ2n) is 4.57. The van der Waals surface area contributed by atoms with Gasteiger partial charge in [0.15, 0.2) is 0 Å². The molecule has 7 heteroatoms. The molecule has 0 aliphatic heterocycles. The fourth-order valence-corrected chi connectivity index (χ4v) is 4.50. The number of rotatable bonds is 3. The van der Waals surface area contributed by atoms with Crippen LogP contribution in [0.25, 0.3) is 10.9 Å². The largest absolute Gasteiger partial charge is 0.264 e. The predicted molar refractivity (Wildman–Crippen MR) is 94.4 cm³/mol. The quantitative estimate of drug-likeness (QED) is 0.647. The molecule has 2 aromatic carbocycles. The molecule has 4 nitrogen and oxygen atoms in total. The summed E-state index contributed by atoms with van der Waals surface area (Å²) in [5, 5.41) is 0.953. The number of nitrogens with one attached hydrogen (secondary N) is 1. The van der Waals surface area contributed by atoms with Gasteiger partial charge in [-0.05, 0) is 52.3 Å². The Hall–Kier alpha value is -1.44. The van der Waals surface area contributed by atoms with Crippen LogP contribution in [0.5, 0.6) is 0 Å². The van der Waals surface area contributed by atoms with Gasteiger partial charge in [0.2, 0.25) is 0 Å². The first kappa shape index (κ1) is 15.5. The Morgan fingerprint density at radius 1 is 0.955 bits per heavy atom. The molecular weight excluding hydrogens is 432 g/mol. The molecule has 112 valence electrons. The molecule has 1 aromatic heterocycles. The Morgan fingerprint density at radius 2 is 1.73 bits per heavy atom. The Bertz CT molecular complexity index is 959. The van der Waals surface area contributed by atoms with Crippen LogP contribution < -0.4 is 4.72 Å². The highest BCUT2D eigenvalue weighted by Gasteiger charge is 2.18. The van der Waals surface area contributed by atoms with Crippen molar-refractivity contribution in [3.63, 3.8) is 0 Å². The van der Waals surface area contributed by atoms with Crippen molar-refractivity contribution in [2.75, 3.05) is 4.72 Å². The maximum Gasteiger partial charge on any atom is 0.264 e. The van der Waals surface area contributed by atoms with E-state index >= 15 is 0 Å². The van der Waals surface area contributed by atoms with E-state index in [1.165, 1.54) is 6.07 Å². The van der Waals surface area contributed by atoms with E-state index in [0.717, 1.165) is 10.9 Å². The molecule has 3 rings (SSSR count). The maximum atomic E-state index is 12.5. The molecule has 22 heavy (non-hydrogen) atoms. The van der Waals surface area contributed by atoms with E-state index in [4.69, 9.17) is 0 Å². The van der Waals surface area contributed by atoms with Gasteiger partial charge in [-0.3, -0.25) is 4.72 Å². The molecule has 0 saturated carbocycles. The number of aromatic nitrogens is 1. The van der Waals surface area contributed by atoms with Crippen molar-refractivity contribution >= 4 is 58.6 Å². The fourth-order valence-electron chi connectivity index (χ4n) is 2.00. The molecule has 0 fully saturated rings. The average molecular weight is 442 g/mol. The molecule has 0 aliphatic rings. The number of para-hydroxylation sites is 1. The summed E-state index contributed by atoms with van der Waals surface area (Å²) in [5.41, 5.74) is 0.732. The van der Waals surface area contributed by atoms with Gasteiger partial charge in [0, 0.05) is 14.3 Å². The lowest BCUT2D eigenvalue weighted by Gasteiger charge is -2.10. The number of anilines is 1. The minimum atomic E-state index is -3.72. The second kappa shape index (κ2) is 5.98. The zero-order valence-corrected chi connectivity index (χ0v) is 15.1. The zero-order chi connectivity index (χ0) is 15.7. The third-order valence-corrected chi connectivity index (χ3v) is 5.86. The summed E-state index contributed by atoms with van der Waals surface area (Å²) >= 11 is 6.54. The van der Waals surface area contributed by atoms with Crippen molar-refractivity contribution < 1.29 is 8.42 Å². The third kappa shape index (κ3) is 3.16. The van der Waals surface area contributed by atoms with E-state index < -0.39 is 10.0 Å². The van der Waals surface area contributed by atoms with Crippen LogP contribution >= 0.6 is 31.9 Å². The van der Waals surface area contributed by atoms with Gasteiger partial charge in [0.05, 0.1) is 5.52 Å². The summed E-state index contributed by atoms with van der Waals surface area (Å²) in [6.45, 7) is 0. The molecule has 1 heterocycles. The number of hydrogen-bond acceptors (Lipinski definition) is 3. The molecule has 0 aliphatic carbocycles. The number of halogens is 2. The van der Waals surface area contributed by atoms with Gasteiger partial charge in [0.1, 0.15) is 10.7 Å². The highest BCUT2D eigenvalue weighted by molar-refractivity contribution is 9.11. The normalized spacial score (nSPS) is 11.5. The Balaban J connectivity index is 2.01. The SMILES string of the molecule is O=S(=O)(Nc1ccc2ccccc2n1)c1cc(Br)ccc1Br. The number of nitrogens with zero attached hydrogens (tertiary/aromatic N) is 1. The molecule has 0 spiro atoms. The Morgan fingerprint density at radius 3 is 2.55 bits per heavy atom. The monoisotopic (exact) mass is 440 g/mol. The first-order chi connectivity index (χ1) is 10.5. The van der Waals surface area contributed by atoms with E-state index in [9.17, 15) is 8.42 Å². The van der Waals surface area contributed by atoms with Crippen LogP contribution in [-0.4, -0.2) is 13.4 Å². The lowest BCUT2D eigenvalue weighted by Crippen LogP contribution is -2.14. The molecule has 0 saturated heterocycles. The van der Waals surface area contributed by atoms with Gasteiger partial charge in [0.25, 0.3) is 10.0 Å². The van der Waals surface area contributed by atoms with Crippen molar-refractivity contribution in [1.82, 2.24) is 4.98 Å². The van der Waals surface area contributed by atoms with Crippen molar-refractivity contribution in [2.24, 2.45) is 0 Å².